The third kappa shape index (κ3) is 4.09. The molecule has 1 aromatic carbocycles. The number of halogens is 2. The van der Waals surface area contributed by atoms with Crippen molar-refractivity contribution in [3.05, 3.63) is 63.8 Å². The molecule has 0 radical (unpaired) electrons. The van der Waals surface area contributed by atoms with Gasteiger partial charge in [-0.1, -0.05) is 30.3 Å². The maximum Gasteiger partial charge on any atom is 0.348 e. The van der Waals surface area contributed by atoms with Gasteiger partial charge < -0.3 is 10.2 Å². The molecule has 3 heterocycles. The number of aromatic nitrogens is 2. The molecule has 152 valence electrons. The zero-order chi connectivity index (χ0) is 18.3. The first-order valence-corrected chi connectivity index (χ1v) is 9.15. The molecule has 2 aliphatic heterocycles. The molecular weight excluding hydrogens is 399 g/mol. The van der Waals surface area contributed by atoms with Crippen LogP contribution in [0.3, 0.4) is 0 Å². The number of likely N-dealkylation sites (tertiary alicyclic amines) is 1. The summed E-state index contributed by atoms with van der Waals surface area (Å²) in [5.74, 6) is 0.887. The van der Waals surface area contributed by atoms with Crippen molar-refractivity contribution in [1.82, 2.24) is 19.8 Å². The Balaban J connectivity index is 0.00000140. The fraction of sp³-hybridized carbons (Fsp3) is 0.450. The Bertz CT molecular complexity index is 888. The number of amides is 1. The van der Waals surface area contributed by atoms with Gasteiger partial charge in [-0.3, -0.25) is 9.36 Å². The molecule has 0 aliphatic carbocycles. The highest BCUT2D eigenvalue weighted by molar-refractivity contribution is 5.85. The maximum absolute atomic E-state index is 13.1. The normalized spacial score (nSPS) is 22.9. The molecule has 6 nitrogen and oxygen atoms in total. The van der Waals surface area contributed by atoms with Crippen molar-refractivity contribution in [3.8, 4) is 0 Å². The van der Waals surface area contributed by atoms with Crippen LogP contribution in [0, 0.1) is 25.7 Å². The van der Waals surface area contributed by atoms with Gasteiger partial charge in [0.05, 0.1) is 6.04 Å². The molecule has 2 aliphatic rings. The number of aryl methyl sites for hydroxylation is 2. The van der Waals surface area contributed by atoms with Gasteiger partial charge in [0.2, 0.25) is 5.91 Å². The predicted octanol–water partition coefficient (Wildman–Crippen LogP) is 2.12. The van der Waals surface area contributed by atoms with Gasteiger partial charge in [0, 0.05) is 36.9 Å². The first-order valence-electron chi connectivity index (χ1n) is 9.15. The number of fused-ring (bicyclic) bond motifs is 1. The monoisotopic (exact) mass is 424 g/mol. The molecule has 2 aromatic rings. The molecule has 0 saturated carbocycles. The lowest BCUT2D eigenvalue weighted by atomic mass is 9.89. The lowest BCUT2D eigenvalue weighted by molar-refractivity contribution is -0.133. The van der Waals surface area contributed by atoms with Gasteiger partial charge in [-0.05, 0) is 31.4 Å². The van der Waals surface area contributed by atoms with Crippen LogP contribution in [-0.4, -0.2) is 40.0 Å². The second-order valence-electron chi connectivity index (χ2n) is 7.39. The summed E-state index contributed by atoms with van der Waals surface area (Å²) in [7, 11) is 0. The van der Waals surface area contributed by atoms with Crippen molar-refractivity contribution in [1.29, 1.82) is 0 Å². The van der Waals surface area contributed by atoms with Crippen molar-refractivity contribution in [2.24, 2.45) is 11.8 Å². The van der Waals surface area contributed by atoms with Crippen molar-refractivity contribution >= 4 is 30.7 Å². The number of benzene rings is 1. The van der Waals surface area contributed by atoms with Gasteiger partial charge in [-0.15, -0.1) is 24.8 Å². The molecule has 8 heteroatoms. The molecular formula is C20H26Cl2N4O2. The predicted molar refractivity (Wildman–Crippen MR) is 113 cm³/mol. The minimum Gasteiger partial charge on any atom is -0.333 e. The Morgan fingerprint density at radius 3 is 2.57 bits per heavy atom. The number of carbonyl (C=O) groups excluding carboxylic acids is 1. The average molecular weight is 425 g/mol. The number of nitrogens with one attached hydrogen (secondary N) is 1. The summed E-state index contributed by atoms with van der Waals surface area (Å²) < 4.78 is 1.48. The molecule has 1 N–H and O–H groups in total. The standard InChI is InChI=1S/C20H24N4O2.2ClH/c1-13-8-14(2)23(20(26)22-13)12-18(25)24-11-16-9-21-10-17(16)19(24)15-6-4-3-5-7-15;;/h3-8,16-17,19,21H,9-12H2,1-2H3;2*1H/t16-,17-,19+;;/m0../s1. The molecule has 1 aromatic heterocycles. The maximum atomic E-state index is 13.1. The van der Waals surface area contributed by atoms with E-state index in [2.05, 4.69) is 22.4 Å². The summed E-state index contributed by atoms with van der Waals surface area (Å²) in [6.45, 7) is 6.31. The van der Waals surface area contributed by atoms with E-state index < -0.39 is 0 Å². The van der Waals surface area contributed by atoms with E-state index in [4.69, 9.17) is 0 Å². The molecule has 1 amide bonds. The largest absolute Gasteiger partial charge is 0.348 e. The molecule has 2 fully saturated rings. The van der Waals surface area contributed by atoms with Crippen molar-refractivity contribution < 1.29 is 4.79 Å². The highest BCUT2D eigenvalue weighted by atomic mass is 35.5. The average Bonchev–Trinajstić information content (AvgIpc) is 3.19. The Kier molecular flexibility index (Phi) is 7.26. The Morgan fingerprint density at radius 2 is 1.89 bits per heavy atom. The Morgan fingerprint density at radius 1 is 1.18 bits per heavy atom. The van der Waals surface area contributed by atoms with Crippen LogP contribution in [0.2, 0.25) is 0 Å². The van der Waals surface area contributed by atoms with Gasteiger partial charge in [-0.25, -0.2) is 4.79 Å². The first kappa shape index (κ1) is 22.4. The SMILES string of the molecule is Cc1cc(C)n(CC(=O)N2C[C@@H]3CNC[C@@H]3[C@H]2c2ccccc2)c(=O)n1.Cl.Cl. The van der Waals surface area contributed by atoms with Crippen LogP contribution in [0.1, 0.15) is 23.0 Å². The lowest BCUT2D eigenvalue weighted by Gasteiger charge is -2.29. The minimum absolute atomic E-state index is 0. The summed E-state index contributed by atoms with van der Waals surface area (Å²) in [5.41, 5.74) is 2.27. The zero-order valence-corrected chi connectivity index (χ0v) is 17.6. The fourth-order valence-electron chi connectivity index (χ4n) is 4.45. The van der Waals surface area contributed by atoms with E-state index in [1.807, 2.05) is 36.1 Å². The number of nitrogens with zero attached hydrogens (tertiary/aromatic N) is 3. The quantitative estimate of drug-likeness (QED) is 0.818. The highest BCUT2D eigenvalue weighted by Crippen LogP contribution is 2.42. The summed E-state index contributed by atoms with van der Waals surface area (Å²) in [6, 6.07) is 12.1. The Hall–Kier alpha value is -1.89. The van der Waals surface area contributed by atoms with E-state index >= 15 is 0 Å². The van der Waals surface area contributed by atoms with E-state index in [0.717, 1.165) is 25.3 Å². The second kappa shape index (κ2) is 9.07. The van der Waals surface area contributed by atoms with E-state index in [0.29, 0.717) is 17.5 Å². The van der Waals surface area contributed by atoms with E-state index in [-0.39, 0.29) is 49.0 Å². The van der Waals surface area contributed by atoms with Crippen LogP contribution < -0.4 is 11.0 Å². The van der Waals surface area contributed by atoms with Crippen LogP contribution in [0.15, 0.2) is 41.2 Å². The van der Waals surface area contributed by atoms with Gasteiger partial charge in [0.1, 0.15) is 6.54 Å². The minimum atomic E-state index is -0.354. The van der Waals surface area contributed by atoms with Crippen molar-refractivity contribution in [3.63, 3.8) is 0 Å². The summed E-state index contributed by atoms with van der Waals surface area (Å²) in [4.78, 5) is 31.3. The highest BCUT2D eigenvalue weighted by Gasteiger charge is 2.46. The van der Waals surface area contributed by atoms with Gasteiger partial charge in [-0.2, -0.15) is 4.98 Å². The van der Waals surface area contributed by atoms with Gasteiger partial charge >= 0.3 is 5.69 Å². The van der Waals surface area contributed by atoms with E-state index in [1.165, 1.54) is 10.1 Å². The van der Waals surface area contributed by atoms with Gasteiger partial charge in [0.15, 0.2) is 0 Å². The van der Waals surface area contributed by atoms with Crippen LogP contribution in [-0.2, 0) is 11.3 Å². The molecule has 0 spiro atoms. The van der Waals surface area contributed by atoms with Crippen molar-refractivity contribution in [2.45, 2.75) is 26.4 Å². The molecule has 28 heavy (non-hydrogen) atoms. The topological polar surface area (TPSA) is 67.2 Å². The first-order chi connectivity index (χ1) is 12.5. The number of hydrogen-bond acceptors (Lipinski definition) is 4. The molecule has 0 unspecified atom stereocenters. The number of carbonyl (C=O) groups is 1. The van der Waals surface area contributed by atoms with Crippen molar-refractivity contribution in [2.75, 3.05) is 19.6 Å². The third-order valence-corrected chi connectivity index (χ3v) is 5.67. The smallest absolute Gasteiger partial charge is 0.333 e. The summed E-state index contributed by atoms with van der Waals surface area (Å²) in [6.07, 6.45) is 0. The second-order valence-corrected chi connectivity index (χ2v) is 7.39. The van der Waals surface area contributed by atoms with Crippen LogP contribution in [0.5, 0.6) is 0 Å². The molecule has 3 atom stereocenters. The molecule has 2 saturated heterocycles. The summed E-state index contributed by atoms with van der Waals surface area (Å²) >= 11 is 0. The van der Waals surface area contributed by atoms with Crippen LogP contribution >= 0.6 is 24.8 Å². The Labute approximate surface area is 177 Å². The van der Waals surface area contributed by atoms with E-state index in [1.54, 1.807) is 6.92 Å². The number of hydrogen-bond donors (Lipinski definition) is 1. The number of rotatable bonds is 3. The third-order valence-electron chi connectivity index (χ3n) is 5.67. The fourth-order valence-corrected chi connectivity index (χ4v) is 4.45. The molecule has 0 bridgehead atoms. The lowest BCUT2D eigenvalue weighted by Crippen LogP contribution is -2.39. The van der Waals surface area contributed by atoms with Crippen LogP contribution in [0.4, 0.5) is 0 Å². The van der Waals surface area contributed by atoms with Crippen LogP contribution in [0.25, 0.3) is 0 Å². The zero-order valence-electron chi connectivity index (χ0n) is 16.0. The summed E-state index contributed by atoms with van der Waals surface area (Å²) in [5, 5.41) is 3.45. The van der Waals surface area contributed by atoms with Gasteiger partial charge in [0.25, 0.3) is 0 Å². The van der Waals surface area contributed by atoms with E-state index in [9.17, 15) is 9.59 Å². The molecule has 4 rings (SSSR count).